The highest BCUT2D eigenvalue weighted by atomic mass is 35.5. The smallest absolute Gasteiger partial charge is 0.0400 e. The van der Waals surface area contributed by atoms with Crippen molar-refractivity contribution in [1.82, 2.24) is 0 Å². The van der Waals surface area contributed by atoms with Gasteiger partial charge in [0.15, 0.2) is 0 Å². The Kier molecular flexibility index (Phi) is 2.71. The van der Waals surface area contributed by atoms with Gasteiger partial charge in [0.2, 0.25) is 0 Å². The number of rotatable bonds is 0. The van der Waals surface area contributed by atoms with Crippen LogP contribution in [-0.2, 0) is 0 Å². The lowest BCUT2D eigenvalue weighted by atomic mass is 10.0. The lowest BCUT2D eigenvalue weighted by Gasteiger charge is -2.06. The number of anilines is 1. The molecule has 0 aliphatic rings. The normalized spacial score (nSPS) is 10.2. The Morgan fingerprint density at radius 3 is 2.00 bits per heavy atom. The first-order chi connectivity index (χ1) is 7.36. The maximum Gasteiger partial charge on any atom is 0.0400 e. The molecule has 0 bridgehead atoms. The second kappa shape index (κ2) is 4.03. The summed E-state index contributed by atoms with van der Waals surface area (Å²) in [4.78, 5) is 0. The molecule has 0 amide bonds. The van der Waals surface area contributed by atoms with Crippen LogP contribution in [0.1, 0.15) is 0 Å². The van der Waals surface area contributed by atoms with E-state index in [0.29, 0.717) is 0 Å². The minimum Gasteiger partial charge on any atom is -0.398 e. The number of nitrogen functional groups attached to an aromatic ring is 1. The highest BCUT2D eigenvalue weighted by Crippen LogP contribution is 2.29. The SMILES string of the molecule is Cl.Nc1cc2ccccc2c2ccccc12. The van der Waals surface area contributed by atoms with Gasteiger partial charge in [-0.1, -0.05) is 48.5 Å². The molecule has 80 valence electrons. The van der Waals surface area contributed by atoms with Gasteiger partial charge in [-0.15, -0.1) is 12.4 Å². The molecule has 0 unspecified atom stereocenters. The average molecular weight is 230 g/mol. The standard InChI is InChI=1S/C14H11N.ClH/c15-14-9-10-5-1-2-6-11(10)12-7-3-4-8-13(12)14;/h1-9H,15H2;1H. The minimum absolute atomic E-state index is 0. The van der Waals surface area contributed by atoms with Gasteiger partial charge >= 0.3 is 0 Å². The van der Waals surface area contributed by atoms with E-state index in [1.165, 1.54) is 16.2 Å². The molecule has 3 aromatic carbocycles. The third-order valence-electron chi connectivity index (χ3n) is 2.80. The van der Waals surface area contributed by atoms with Crippen molar-refractivity contribution >= 4 is 39.6 Å². The van der Waals surface area contributed by atoms with Crippen LogP contribution in [-0.4, -0.2) is 0 Å². The summed E-state index contributed by atoms with van der Waals surface area (Å²) in [5.74, 6) is 0. The molecule has 0 heterocycles. The Morgan fingerprint density at radius 2 is 1.25 bits per heavy atom. The summed E-state index contributed by atoms with van der Waals surface area (Å²) in [5, 5.41) is 4.83. The van der Waals surface area contributed by atoms with Crippen LogP contribution in [0.15, 0.2) is 54.6 Å². The predicted molar refractivity (Wildman–Crippen MR) is 73.1 cm³/mol. The molecule has 1 nitrogen and oxygen atoms in total. The molecular weight excluding hydrogens is 218 g/mol. The Hall–Kier alpha value is -1.73. The van der Waals surface area contributed by atoms with Crippen LogP contribution in [0.4, 0.5) is 5.69 Å². The zero-order chi connectivity index (χ0) is 10.3. The first-order valence-electron chi connectivity index (χ1n) is 5.02. The van der Waals surface area contributed by atoms with Gasteiger partial charge in [-0.25, -0.2) is 0 Å². The summed E-state index contributed by atoms with van der Waals surface area (Å²) in [7, 11) is 0. The molecular formula is C14H12ClN. The number of halogens is 1. The largest absolute Gasteiger partial charge is 0.398 e. The summed E-state index contributed by atoms with van der Waals surface area (Å²) >= 11 is 0. The highest BCUT2D eigenvalue weighted by Gasteiger charge is 2.02. The van der Waals surface area contributed by atoms with Gasteiger partial charge in [-0.2, -0.15) is 0 Å². The zero-order valence-electron chi connectivity index (χ0n) is 8.68. The van der Waals surface area contributed by atoms with Gasteiger partial charge < -0.3 is 5.73 Å². The number of hydrogen-bond donors (Lipinski definition) is 1. The molecule has 0 aromatic heterocycles. The maximum absolute atomic E-state index is 6.02. The topological polar surface area (TPSA) is 26.0 Å². The third kappa shape index (κ3) is 1.50. The van der Waals surface area contributed by atoms with E-state index in [1.54, 1.807) is 0 Å². The van der Waals surface area contributed by atoms with E-state index >= 15 is 0 Å². The zero-order valence-corrected chi connectivity index (χ0v) is 9.50. The third-order valence-corrected chi connectivity index (χ3v) is 2.80. The van der Waals surface area contributed by atoms with Crippen LogP contribution in [0, 0.1) is 0 Å². The number of nitrogens with two attached hydrogens (primary N) is 1. The van der Waals surface area contributed by atoms with E-state index in [0.717, 1.165) is 11.1 Å². The van der Waals surface area contributed by atoms with Gasteiger partial charge in [0, 0.05) is 11.1 Å². The van der Waals surface area contributed by atoms with Crippen molar-refractivity contribution in [2.45, 2.75) is 0 Å². The second-order valence-corrected chi connectivity index (χ2v) is 3.73. The molecule has 0 aliphatic heterocycles. The van der Waals surface area contributed by atoms with Gasteiger partial charge in [0.05, 0.1) is 0 Å². The molecule has 0 atom stereocenters. The lowest BCUT2D eigenvalue weighted by Crippen LogP contribution is -1.87. The van der Waals surface area contributed by atoms with E-state index in [9.17, 15) is 0 Å². The van der Waals surface area contributed by atoms with Crippen molar-refractivity contribution in [1.29, 1.82) is 0 Å². The molecule has 0 saturated heterocycles. The Labute approximate surface area is 100 Å². The van der Waals surface area contributed by atoms with Crippen molar-refractivity contribution in [2.24, 2.45) is 0 Å². The molecule has 0 fully saturated rings. The highest BCUT2D eigenvalue weighted by molar-refractivity contribution is 6.12. The number of fused-ring (bicyclic) bond motifs is 3. The van der Waals surface area contributed by atoms with Gasteiger partial charge in [-0.3, -0.25) is 0 Å². The van der Waals surface area contributed by atoms with E-state index in [-0.39, 0.29) is 12.4 Å². The molecule has 2 heteroatoms. The van der Waals surface area contributed by atoms with E-state index in [1.807, 2.05) is 24.3 Å². The summed E-state index contributed by atoms with van der Waals surface area (Å²) in [5.41, 5.74) is 6.87. The lowest BCUT2D eigenvalue weighted by molar-refractivity contribution is 1.75. The number of benzene rings is 3. The second-order valence-electron chi connectivity index (χ2n) is 3.73. The molecule has 16 heavy (non-hydrogen) atoms. The van der Waals surface area contributed by atoms with Crippen LogP contribution in [0.5, 0.6) is 0 Å². The van der Waals surface area contributed by atoms with E-state index in [4.69, 9.17) is 5.73 Å². The predicted octanol–water partition coefficient (Wildman–Crippen LogP) is 4.00. The summed E-state index contributed by atoms with van der Waals surface area (Å²) < 4.78 is 0. The first-order valence-corrected chi connectivity index (χ1v) is 5.02. The summed E-state index contributed by atoms with van der Waals surface area (Å²) in [6.07, 6.45) is 0. The van der Waals surface area contributed by atoms with Crippen LogP contribution >= 0.6 is 12.4 Å². The first kappa shape index (κ1) is 10.8. The summed E-state index contributed by atoms with van der Waals surface area (Å²) in [6, 6.07) is 18.6. The maximum atomic E-state index is 6.02. The van der Waals surface area contributed by atoms with Gasteiger partial charge in [0.25, 0.3) is 0 Å². The molecule has 0 radical (unpaired) electrons. The van der Waals surface area contributed by atoms with Crippen LogP contribution in [0.3, 0.4) is 0 Å². The van der Waals surface area contributed by atoms with E-state index in [2.05, 4.69) is 30.3 Å². The molecule has 0 aliphatic carbocycles. The molecule has 2 N–H and O–H groups in total. The Bertz CT molecular complexity index is 646. The van der Waals surface area contributed by atoms with Crippen LogP contribution in [0.25, 0.3) is 21.5 Å². The van der Waals surface area contributed by atoms with Crippen molar-refractivity contribution in [3.8, 4) is 0 Å². The molecule has 0 saturated carbocycles. The van der Waals surface area contributed by atoms with Crippen molar-refractivity contribution < 1.29 is 0 Å². The average Bonchev–Trinajstić information content (AvgIpc) is 2.30. The van der Waals surface area contributed by atoms with Crippen molar-refractivity contribution in [3.05, 3.63) is 54.6 Å². The van der Waals surface area contributed by atoms with Gasteiger partial charge in [-0.05, 0) is 22.2 Å². The van der Waals surface area contributed by atoms with Gasteiger partial charge in [0.1, 0.15) is 0 Å². The Morgan fingerprint density at radius 1 is 0.688 bits per heavy atom. The molecule has 3 aromatic rings. The fourth-order valence-corrected chi connectivity index (χ4v) is 2.08. The molecule has 3 rings (SSSR count). The van der Waals surface area contributed by atoms with Crippen molar-refractivity contribution in [3.63, 3.8) is 0 Å². The quantitative estimate of drug-likeness (QED) is 0.458. The van der Waals surface area contributed by atoms with Crippen LogP contribution < -0.4 is 5.73 Å². The monoisotopic (exact) mass is 229 g/mol. The summed E-state index contributed by atoms with van der Waals surface area (Å²) in [6.45, 7) is 0. The van der Waals surface area contributed by atoms with Crippen molar-refractivity contribution in [2.75, 3.05) is 5.73 Å². The minimum atomic E-state index is 0. The Balaban J connectivity index is 0.000000963. The molecule has 0 spiro atoms. The van der Waals surface area contributed by atoms with E-state index < -0.39 is 0 Å². The number of hydrogen-bond acceptors (Lipinski definition) is 1. The van der Waals surface area contributed by atoms with Crippen LogP contribution in [0.2, 0.25) is 0 Å². The fraction of sp³-hybridized carbons (Fsp3) is 0. The fourth-order valence-electron chi connectivity index (χ4n) is 2.08.